The van der Waals surface area contributed by atoms with Crippen molar-refractivity contribution in [2.75, 3.05) is 26.4 Å². The van der Waals surface area contributed by atoms with Gasteiger partial charge in [-0.1, -0.05) is 71.3 Å². The molecule has 0 aromatic heterocycles. The monoisotopic (exact) mass is 681 g/mol. The summed E-state index contributed by atoms with van der Waals surface area (Å²) in [7, 11) is 0. The Bertz CT molecular complexity index is 1070. The zero-order chi connectivity index (χ0) is 38.1. The summed E-state index contributed by atoms with van der Waals surface area (Å²) in [5.74, 6) is -1.93. The van der Waals surface area contributed by atoms with Crippen molar-refractivity contribution < 1.29 is 52.5 Å². The standard InChI is InChI=1S/C12H19NO4.C10H18O3.C7H12O2.C7H10O2/c1-5-10(4)13-17-11(14)7-6-8-16-12(15)9(2)3;1-5-6-7-12-9(4)13-10(11)8(2)3;2*1-4-5-9-7(8)6(2)3/h2,5-8H2,1,3-4H3;9H,2,5-7H2,1,3-4H3;2,4-5H2,1,3H3;4H,1-2,5H2,3H3/b13-10+;;;. The van der Waals surface area contributed by atoms with E-state index in [-0.39, 0.29) is 31.6 Å². The minimum atomic E-state index is -0.476. The van der Waals surface area contributed by atoms with Gasteiger partial charge in [0.1, 0.15) is 6.61 Å². The van der Waals surface area contributed by atoms with Crippen molar-refractivity contribution in [3.63, 3.8) is 0 Å². The van der Waals surface area contributed by atoms with Crippen molar-refractivity contribution in [1.29, 1.82) is 0 Å². The van der Waals surface area contributed by atoms with Crippen LogP contribution in [0.1, 0.15) is 101 Å². The number of hydrogen-bond donors (Lipinski definition) is 0. The minimum Gasteiger partial charge on any atom is -0.462 e. The molecule has 0 spiro atoms. The summed E-state index contributed by atoms with van der Waals surface area (Å²) in [6, 6.07) is 0. The number of esters is 4. The zero-order valence-corrected chi connectivity index (χ0v) is 30.7. The van der Waals surface area contributed by atoms with Crippen LogP contribution in [0.25, 0.3) is 0 Å². The van der Waals surface area contributed by atoms with Crippen molar-refractivity contribution in [3.8, 4) is 0 Å². The summed E-state index contributed by atoms with van der Waals surface area (Å²) in [5.41, 5.74) is 2.37. The van der Waals surface area contributed by atoms with Gasteiger partial charge in [-0.2, -0.15) is 0 Å². The zero-order valence-electron chi connectivity index (χ0n) is 30.7. The lowest BCUT2D eigenvalue weighted by molar-refractivity contribution is -0.170. The summed E-state index contributed by atoms with van der Waals surface area (Å²) in [5, 5.41) is 3.63. The average Bonchev–Trinajstić information content (AvgIpc) is 3.03. The van der Waals surface area contributed by atoms with E-state index in [4.69, 9.17) is 18.9 Å². The molecule has 0 fully saturated rings. The van der Waals surface area contributed by atoms with Gasteiger partial charge >= 0.3 is 29.8 Å². The van der Waals surface area contributed by atoms with Gasteiger partial charge in [0.2, 0.25) is 0 Å². The number of carbonyl (C=O) groups excluding carboxylic acids is 5. The molecule has 12 nitrogen and oxygen atoms in total. The summed E-state index contributed by atoms with van der Waals surface area (Å²) in [6.45, 7) is 34.5. The Labute approximate surface area is 287 Å². The van der Waals surface area contributed by atoms with Gasteiger partial charge in [0.25, 0.3) is 0 Å². The lowest BCUT2D eigenvalue weighted by Crippen LogP contribution is -2.18. The van der Waals surface area contributed by atoms with E-state index in [1.165, 1.54) is 6.08 Å². The highest BCUT2D eigenvalue weighted by molar-refractivity contribution is 5.88. The highest BCUT2D eigenvalue weighted by atomic mass is 16.7. The Morgan fingerprint density at radius 2 is 1.15 bits per heavy atom. The molecule has 0 amide bonds. The Morgan fingerprint density at radius 1 is 0.667 bits per heavy atom. The third-order valence-corrected chi connectivity index (χ3v) is 4.86. The predicted octanol–water partition coefficient (Wildman–Crippen LogP) is 7.29. The fourth-order valence-electron chi connectivity index (χ4n) is 2.00. The lowest BCUT2D eigenvalue weighted by atomic mass is 10.3. The molecule has 0 radical (unpaired) electrons. The van der Waals surface area contributed by atoms with Gasteiger partial charge in [-0.05, 0) is 67.2 Å². The van der Waals surface area contributed by atoms with Crippen molar-refractivity contribution in [1.82, 2.24) is 0 Å². The van der Waals surface area contributed by atoms with Crippen LogP contribution in [0.2, 0.25) is 0 Å². The lowest BCUT2D eigenvalue weighted by Gasteiger charge is -2.13. The van der Waals surface area contributed by atoms with E-state index in [0.29, 0.717) is 41.9 Å². The number of rotatable bonds is 19. The van der Waals surface area contributed by atoms with E-state index in [0.717, 1.165) is 31.4 Å². The van der Waals surface area contributed by atoms with Crippen LogP contribution in [0.5, 0.6) is 0 Å². The SMILES string of the molecule is C=C(C)C(=O)OC(C)OCCCC.C=C(C)C(=O)OCCC.C=C(C)C(=O)OCCCC(=O)O/N=C(\C)CC.C=CCOC(=O)C(=C)C. The van der Waals surface area contributed by atoms with Crippen LogP contribution in [0.3, 0.4) is 0 Å². The predicted molar refractivity (Wildman–Crippen MR) is 188 cm³/mol. The molecule has 0 bridgehead atoms. The maximum absolute atomic E-state index is 11.2. The van der Waals surface area contributed by atoms with E-state index in [2.05, 4.69) is 54.5 Å². The van der Waals surface area contributed by atoms with Gasteiger partial charge in [0.05, 0.1) is 32.0 Å². The molecule has 0 rings (SSSR count). The second-order valence-electron chi connectivity index (χ2n) is 10.2. The number of ether oxygens (including phenoxy) is 5. The molecule has 0 saturated heterocycles. The molecule has 0 aliphatic heterocycles. The number of carbonyl (C=O) groups is 5. The largest absolute Gasteiger partial charge is 0.462 e. The fourth-order valence-corrected chi connectivity index (χ4v) is 2.00. The Kier molecular flexibility index (Phi) is 35.8. The maximum atomic E-state index is 11.2. The first kappa shape index (κ1) is 50.5. The average molecular weight is 682 g/mol. The van der Waals surface area contributed by atoms with E-state index in [1.54, 1.807) is 41.5 Å². The molecule has 0 heterocycles. The molecule has 274 valence electrons. The van der Waals surface area contributed by atoms with Crippen LogP contribution in [0.15, 0.2) is 66.4 Å². The van der Waals surface area contributed by atoms with E-state index >= 15 is 0 Å². The van der Waals surface area contributed by atoms with Crippen molar-refractivity contribution >= 4 is 35.6 Å². The van der Waals surface area contributed by atoms with Crippen LogP contribution in [0.4, 0.5) is 0 Å². The van der Waals surface area contributed by atoms with Crippen LogP contribution < -0.4 is 0 Å². The third-order valence-electron chi connectivity index (χ3n) is 4.86. The van der Waals surface area contributed by atoms with Gasteiger partial charge in [0.15, 0.2) is 6.29 Å². The number of oxime groups is 1. The van der Waals surface area contributed by atoms with Crippen LogP contribution in [0, 0.1) is 0 Å². The number of nitrogens with zero attached hydrogens (tertiary/aromatic N) is 1. The molecule has 0 aliphatic rings. The molecular weight excluding hydrogens is 622 g/mol. The van der Waals surface area contributed by atoms with Crippen molar-refractivity contribution in [2.45, 2.75) is 107 Å². The molecule has 0 saturated carbocycles. The maximum Gasteiger partial charge on any atom is 0.335 e. The molecule has 48 heavy (non-hydrogen) atoms. The minimum absolute atomic E-state index is 0.171. The molecule has 12 heteroatoms. The first-order valence-corrected chi connectivity index (χ1v) is 15.7. The quantitative estimate of drug-likeness (QED) is 0.0155. The van der Waals surface area contributed by atoms with Crippen molar-refractivity contribution in [2.24, 2.45) is 5.16 Å². The second-order valence-corrected chi connectivity index (χ2v) is 10.2. The van der Waals surface area contributed by atoms with Gasteiger partial charge in [-0.25, -0.2) is 24.0 Å². The molecule has 1 atom stereocenters. The number of hydrogen-bond acceptors (Lipinski definition) is 12. The highest BCUT2D eigenvalue weighted by Gasteiger charge is 2.09. The molecule has 0 aromatic rings. The van der Waals surface area contributed by atoms with Gasteiger partial charge in [0, 0.05) is 22.3 Å². The summed E-state index contributed by atoms with van der Waals surface area (Å²) in [6.07, 6.45) is 5.28. The van der Waals surface area contributed by atoms with E-state index in [1.807, 2.05) is 13.8 Å². The molecule has 0 aromatic carbocycles. The summed E-state index contributed by atoms with van der Waals surface area (Å²) >= 11 is 0. The Balaban J connectivity index is -0.000000279. The summed E-state index contributed by atoms with van der Waals surface area (Å²) in [4.78, 5) is 58.9. The van der Waals surface area contributed by atoms with Crippen LogP contribution in [-0.2, 0) is 52.5 Å². The second kappa shape index (κ2) is 34.0. The number of unbranched alkanes of at least 4 members (excludes halogenated alkanes) is 1. The molecule has 0 N–H and O–H groups in total. The van der Waals surface area contributed by atoms with Gasteiger partial charge < -0.3 is 28.5 Å². The fraction of sp³-hybridized carbons (Fsp3) is 0.556. The third kappa shape index (κ3) is 37.9. The smallest absolute Gasteiger partial charge is 0.335 e. The van der Waals surface area contributed by atoms with E-state index in [9.17, 15) is 24.0 Å². The molecular formula is C36H59NO11. The summed E-state index contributed by atoms with van der Waals surface area (Å²) < 4.78 is 24.2. The van der Waals surface area contributed by atoms with Crippen molar-refractivity contribution in [3.05, 3.63) is 61.3 Å². The highest BCUT2D eigenvalue weighted by Crippen LogP contribution is 2.01. The molecule has 0 aliphatic carbocycles. The van der Waals surface area contributed by atoms with Crippen LogP contribution >= 0.6 is 0 Å². The van der Waals surface area contributed by atoms with Gasteiger partial charge in [-0.15, -0.1) is 0 Å². The molecule has 1 unspecified atom stereocenters. The van der Waals surface area contributed by atoms with E-state index < -0.39 is 24.2 Å². The topological polar surface area (TPSA) is 153 Å². The van der Waals surface area contributed by atoms with Crippen LogP contribution in [-0.4, -0.2) is 68.3 Å². The first-order valence-electron chi connectivity index (χ1n) is 15.7. The normalized spacial score (nSPS) is 10.3. The first-order chi connectivity index (χ1) is 22.4. The van der Waals surface area contributed by atoms with Gasteiger partial charge in [-0.3, -0.25) is 0 Å². The Morgan fingerprint density at radius 3 is 1.56 bits per heavy atom. The Hall–Kier alpha value is -4.32.